The zero-order valence-electron chi connectivity index (χ0n) is 11.7. The summed E-state index contributed by atoms with van der Waals surface area (Å²) >= 11 is 5.99. The van der Waals surface area contributed by atoms with Crippen molar-refractivity contribution < 1.29 is 4.79 Å². The van der Waals surface area contributed by atoms with E-state index in [1.54, 1.807) is 0 Å². The highest BCUT2D eigenvalue weighted by atomic mass is 35.5. The molecule has 0 radical (unpaired) electrons. The molecule has 0 aliphatic rings. The number of nitrogens with two attached hydrogens (primary N) is 1. The van der Waals surface area contributed by atoms with Gasteiger partial charge in [-0.25, -0.2) is 0 Å². The lowest BCUT2D eigenvalue weighted by atomic mass is 10.00. The van der Waals surface area contributed by atoms with Crippen LogP contribution < -0.4 is 11.1 Å². The van der Waals surface area contributed by atoms with Crippen LogP contribution in [0.4, 0.5) is 0 Å². The van der Waals surface area contributed by atoms with E-state index < -0.39 is 0 Å². The van der Waals surface area contributed by atoms with Gasteiger partial charge in [0.1, 0.15) is 0 Å². The molecule has 0 heterocycles. The van der Waals surface area contributed by atoms with E-state index in [4.69, 9.17) is 17.3 Å². The van der Waals surface area contributed by atoms with E-state index in [1.165, 1.54) is 0 Å². The molecule has 19 heavy (non-hydrogen) atoms. The van der Waals surface area contributed by atoms with Gasteiger partial charge in [-0.05, 0) is 30.5 Å². The van der Waals surface area contributed by atoms with Crippen molar-refractivity contribution in [2.45, 2.75) is 39.2 Å². The van der Waals surface area contributed by atoms with Crippen LogP contribution in [0.25, 0.3) is 0 Å². The molecule has 1 aromatic rings. The van der Waals surface area contributed by atoms with Crippen molar-refractivity contribution in [3.63, 3.8) is 0 Å². The van der Waals surface area contributed by atoms with Crippen LogP contribution in [0.3, 0.4) is 0 Å². The van der Waals surface area contributed by atoms with Gasteiger partial charge in [-0.1, -0.05) is 44.0 Å². The molecular formula is C15H23ClN2O. The van der Waals surface area contributed by atoms with E-state index in [0.717, 1.165) is 24.8 Å². The Labute approximate surface area is 120 Å². The van der Waals surface area contributed by atoms with Gasteiger partial charge in [0.25, 0.3) is 0 Å². The second-order valence-electron chi connectivity index (χ2n) is 4.75. The molecule has 0 saturated carbocycles. The maximum absolute atomic E-state index is 12.2. The Morgan fingerprint density at radius 3 is 2.68 bits per heavy atom. The fourth-order valence-electron chi connectivity index (χ4n) is 2.14. The molecule has 0 saturated heterocycles. The number of hydrogen-bond donors (Lipinski definition) is 2. The highest BCUT2D eigenvalue weighted by Crippen LogP contribution is 2.21. The van der Waals surface area contributed by atoms with Gasteiger partial charge < -0.3 is 11.1 Å². The SMILES string of the molecule is CCCC(CN)C(=O)NC(CC)c1cccc(Cl)c1. The number of nitrogens with one attached hydrogen (secondary N) is 1. The van der Waals surface area contributed by atoms with Crippen molar-refractivity contribution in [1.82, 2.24) is 5.32 Å². The molecule has 2 unspecified atom stereocenters. The van der Waals surface area contributed by atoms with Crippen LogP contribution >= 0.6 is 11.6 Å². The van der Waals surface area contributed by atoms with Gasteiger partial charge in [0.15, 0.2) is 0 Å². The molecule has 3 N–H and O–H groups in total. The number of rotatable bonds is 7. The maximum Gasteiger partial charge on any atom is 0.224 e. The predicted octanol–water partition coefficient (Wildman–Crippen LogP) is 3.28. The Bertz CT molecular complexity index is 409. The Kier molecular flexibility index (Phi) is 6.89. The van der Waals surface area contributed by atoms with Crippen molar-refractivity contribution in [1.29, 1.82) is 0 Å². The van der Waals surface area contributed by atoms with Gasteiger partial charge in [0, 0.05) is 11.6 Å². The average Bonchev–Trinajstić information content (AvgIpc) is 2.41. The summed E-state index contributed by atoms with van der Waals surface area (Å²) in [5.41, 5.74) is 6.70. The Morgan fingerprint density at radius 2 is 2.16 bits per heavy atom. The van der Waals surface area contributed by atoms with Crippen LogP contribution in [0.1, 0.15) is 44.7 Å². The van der Waals surface area contributed by atoms with Gasteiger partial charge in [0.2, 0.25) is 5.91 Å². The predicted molar refractivity (Wildman–Crippen MR) is 80.1 cm³/mol. The lowest BCUT2D eigenvalue weighted by molar-refractivity contribution is -0.125. The summed E-state index contributed by atoms with van der Waals surface area (Å²) in [4.78, 5) is 12.2. The number of benzene rings is 1. The number of carbonyl (C=O) groups excluding carboxylic acids is 1. The van der Waals surface area contributed by atoms with E-state index in [1.807, 2.05) is 31.2 Å². The first-order valence-corrected chi connectivity index (χ1v) is 7.26. The smallest absolute Gasteiger partial charge is 0.224 e. The van der Waals surface area contributed by atoms with Gasteiger partial charge in [-0.3, -0.25) is 4.79 Å². The molecule has 1 aromatic carbocycles. The lowest BCUT2D eigenvalue weighted by Crippen LogP contribution is -2.37. The second-order valence-corrected chi connectivity index (χ2v) is 5.18. The molecule has 0 aromatic heterocycles. The van der Waals surface area contributed by atoms with Crippen LogP contribution in [-0.4, -0.2) is 12.5 Å². The summed E-state index contributed by atoms with van der Waals surface area (Å²) < 4.78 is 0. The summed E-state index contributed by atoms with van der Waals surface area (Å²) in [5.74, 6) is -0.0607. The number of carbonyl (C=O) groups is 1. The van der Waals surface area contributed by atoms with Crippen molar-refractivity contribution >= 4 is 17.5 Å². The summed E-state index contributed by atoms with van der Waals surface area (Å²) in [6.45, 7) is 4.50. The number of amides is 1. The van der Waals surface area contributed by atoms with E-state index in [0.29, 0.717) is 11.6 Å². The zero-order chi connectivity index (χ0) is 14.3. The second kappa shape index (κ2) is 8.18. The van der Waals surface area contributed by atoms with Crippen LogP contribution in [0.15, 0.2) is 24.3 Å². The molecule has 3 nitrogen and oxygen atoms in total. The monoisotopic (exact) mass is 282 g/mol. The van der Waals surface area contributed by atoms with Crippen LogP contribution in [0.2, 0.25) is 5.02 Å². The van der Waals surface area contributed by atoms with Gasteiger partial charge >= 0.3 is 0 Å². The third-order valence-corrected chi connectivity index (χ3v) is 3.50. The Hall–Kier alpha value is -1.06. The molecule has 106 valence electrons. The molecule has 0 fully saturated rings. The molecule has 0 aliphatic carbocycles. The molecule has 1 amide bonds. The summed E-state index contributed by atoms with van der Waals surface area (Å²) in [6, 6.07) is 7.61. The van der Waals surface area contributed by atoms with Gasteiger partial charge in [-0.2, -0.15) is 0 Å². The summed E-state index contributed by atoms with van der Waals surface area (Å²) in [7, 11) is 0. The fourth-order valence-corrected chi connectivity index (χ4v) is 2.34. The van der Waals surface area contributed by atoms with Gasteiger partial charge in [0.05, 0.1) is 12.0 Å². The van der Waals surface area contributed by atoms with Crippen LogP contribution in [0.5, 0.6) is 0 Å². The molecule has 0 aliphatic heterocycles. The highest BCUT2D eigenvalue weighted by molar-refractivity contribution is 6.30. The van der Waals surface area contributed by atoms with E-state index in [-0.39, 0.29) is 17.9 Å². The first kappa shape index (κ1) is 16.0. The minimum Gasteiger partial charge on any atom is -0.349 e. The van der Waals surface area contributed by atoms with Crippen LogP contribution in [-0.2, 0) is 4.79 Å². The topological polar surface area (TPSA) is 55.1 Å². The Balaban J connectivity index is 2.74. The zero-order valence-corrected chi connectivity index (χ0v) is 12.4. The first-order valence-electron chi connectivity index (χ1n) is 6.88. The van der Waals surface area contributed by atoms with Crippen molar-refractivity contribution in [3.8, 4) is 0 Å². The molecule has 1 rings (SSSR count). The first-order chi connectivity index (χ1) is 9.12. The standard InChI is InChI=1S/C15H23ClN2O/c1-3-6-12(10-17)15(19)18-14(4-2)11-7-5-8-13(16)9-11/h5,7-9,12,14H,3-4,6,10,17H2,1-2H3,(H,18,19). The fraction of sp³-hybridized carbons (Fsp3) is 0.533. The van der Waals surface area contributed by atoms with Crippen molar-refractivity contribution in [2.24, 2.45) is 11.7 Å². The largest absolute Gasteiger partial charge is 0.349 e. The van der Waals surface area contributed by atoms with E-state index in [9.17, 15) is 4.79 Å². The normalized spacial score (nSPS) is 13.9. The van der Waals surface area contributed by atoms with Gasteiger partial charge in [-0.15, -0.1) is 0 Å². The summed E-state index contributed by atoms with van der Waals surface area (Å²) in [6.07, 6.45) is 2.62. The van der Waals surface area contributed by atoms with Crippen molar-refractivity contribution in [3.05, 3.63) is 34.9 Å². The quantitative estimate of drug-likeness (QED) is 0.806. The lowest BCUT2D eigenvalue weighted by Gasteiger charge is -2.21. The summed E-state index contributed by atoms with van der Waals surface area (Å²) in [5, 5.41) is 3.76. The van der Waals surface area contributed by atoms with Crippen molar-refractivity contribution in [2.75, 3.05) is 6.54 Å². The molecule has 2 atom stereocenters. The van der Waals surface area contributed by atoms with E-state index in [2.05, 4.69) is 12.2 Å². The minimum absolute atomic E-state index is 0.00268. The molecular weight excluding hydrogens is 260 g/mol. The third kappa shape index (κ3) is 4.84. The number of halogens is 1. The molecule has 0 spiro atoms. The minimum atomic E-state index is -0.0989. The Morgan fingerprint density at radius 1 is 1.42 bits per heavy atom. The van der Waals surface area contributed by atoms with E-state index >= 15 is 0 Å². The third-order valence-electron chi connectivity index (χ3n) is 3.27. The van der Waals surface area contributed by atoms with Crippen LogP contribution in [0, 0.1) is 5.92 Å². The maximum atomic E-state index is 12.2. The molecule has 0 bridgehead atoms. The molecule has 4 heteroatoms. The highest BCUT2D eigenvalue weighted by Gasteiger charge is 2.19. The average molecular weight is 283 g/mol. The number of hydrogen-bond acceptors (Lipinski definition) is 2.